The van der Waals surface area contributed by atoms with Gasteiger partial charge in [-0.3, -0.25) is 9.78 Å². The monoisotopic (exact) mass is 675 g/mol. The van der Waals surface area contributed by atoms with E-state index in [1.54, 1.807) is 37.5 Å². The molecule has 3 heterocycles. The van der Waals surface area contributed by atoms with E-state index in [1.165, 1.54) is 11.1 Å². The van der Waals surface area contributed by atoms with E-state index in [0.717, 1.165) is 48.4 Å². The van der Waals surface area contributed by atoms with Crippen molar-refractivity contribution in [2.45, 2.75) is 68.6 Å². The summed E-state index contributed by atoms with van der Waals surface area (Å²) in [5.74, 6) is -0.219. The van der Waals surface area contributed by atoms with Crippen LogP contribution >= 0.6 is 11.6 Å². The number of hydrogen-bond acceptors (Lipinski definition) is 7. The molecule has 47 heavy (non-hydrogen) atoms. The van der Waals surface area contributed by atoms with Crippen LogP contribution in [0.25, 0.3) is 0 Å². The number of sulfonamides is 1. The highest BCUT2D eigenvalue weighted by atomic mass is 35.5. The van der Waals surface area contributed by atoms with E-state index < -0.39 is 26.8 Å². The number of carbonyl (C=O) groups is 1. The molecule has 2 N–H and O–H groups in total. The lowest BCUT2D eigenvalue weighted by molar-refractivity contribution is -0.0500. The third-order valence-corrected chi connectivity index (χ3v) is 13.4. The predicted molar refractivity (Wildman–Crippen MR) is 183 cm³/mol. The molecule has 0 radical (unpaired) electrons. The average Bonchev–Trinajstić information content (AvgIpc) is 3.19. The Balaban J connectivity index is 1.35. The number of ether oxygens (including phenoxy) is 1. The number of rotatable bonds is 1. The van der Waals surface area contributed by atoms with Crippen LogP contribution in [-0.2, 0) is 27.5 Å². The quantitative estimate of drug-likeness (QED) is 0.297. The zero-order valence-corrected chi connectivity index (χ0v) is 28.4. The second-order valence-electron chi connectivity index (χ2n) is 14.1. The van der Waals surface area contributed by atoms with E-state index in [1.807, 2.05) is 37.3 Å². The second-order valence-corrected chi connectivity index (χ2v) is 16.6. The topological polar surface area (TPSA) is 109 Å². The van der Waals surface area contributed by atoms with Crippen LogP contribution in [0.4, 0.5) is 5.69 Å². The molecule has 3 aromatic rings. The molecule has 248 valence electrons. The molecule has 6 atom stereocenters. The molecule has 0 saturated heterocycles. The van der Waals surface area contributed by atoms with Gasteiger partial charge in [-0.1, -0.05) is 36.7 Å². The van der Waals surface area contributed by atoms with Crippen LogP contribution in [0, 0.1) is 17.8 Å². The first kappa shape index (κ1) is 32.2. The lowest BCUT2D eigenvalue weighted by atomic mass is 9.62. The normalized spacial score (nSPS) is 32.5. The molecule has 1 spiro atoms. The maximum absolute atomic E-state index is 13.5. The Morgan fingerprint density at radius 3 is 2.66 bits per heavy atom. The highest BCUT2D eigenvalue weighted by molar-refractivity contribution is 7.90. The Hall–Kier alpha value is -3.40. The number of allylic oxidation sites excluding steroid dienone is 1. The highest BCUT2D eigenvalue weighted by Crippen LogP contribution is 2.50. The van der Waals surface area contributed by atoms with Gasteiger partial charge in [0.25, 0.3) is 5.91 Å². The van der Waals surface area contributed by atoms with Crippen molar-refractivity contribution in [2.24, 2.45) is 17.8 Å². The van der Waals surface area contributed by atoms with Crippen LogP contribution in [0.3, 0.4) is 0 Å². The van der Waals surface area contributed by atoms with Crippen molar-refractivity contribution >= 4 is 33.2 Å². The van der Waals surface area contributed by atoms with Crippen LogP contribution in [0.2, 0.25) is 5.02 Å². The Morgan fingerprint density at radius 2 is 1.89 bits per heavy atom. The number of amides is 1. The third kappa shape index (κ3) is 5.85. The van der Waals surface area contributed by atoms with Gasteiger partial charge in [-0.25, -0.2) is 13.1 Å². The van der Waals surface area contributed by atoms with Gasteiger partial charge in [-0.15, -0.1) is 0 Å². The summed E-state index contributed by atoms with van der Waals surface area (Å²) in [7, 11) is -3.99. The summed E-state index contributed by atoms with van der Waals surface area (Å²) in [6.07, 6.45) is 12.3. The van der Waals surface area contributed by atoms with Gasteiger partial charge in [-0.05, 0) is 116 Å². The van der Waals surface area contributed by atoms with E-state index in [2.05, 4.69) is 26.7 Å². The largest absolute Gasteiger partial charge is 0.490 e. The summed E-state index contributed by atoms with van der Waals surface area (Å²) in [5, 5.41) is 12.4. The number of aryl methyl sites for hydroxylation is 1. The minimum absolute atomic E-state index is 0.0713. The summed E-state index contributed by atoms with van der Waals surface area (Å²) in [6.45, 7) is 5.24. The molecule has 2 aliphatic heterocycles. The van der Waals surface area contributed by atoms with Crippen LogP contribution in [0.1, 0.15) is 73.0 Å². The number of fused-ring (bicyclic) bond motifs is 4. The summed E-state index contributed by atoms with van der Waals surface area (Å²) in [6, 6.07) is 15.1. The molecule has 7 rings (SSSR count). The smallest absolute Gasteiger partial charge is 0.264 e. The fourth-order valence-corrected chi connectivity index (χ4v) is 9.68. The zero-order chi connectivity index (χ0) is 33.0. The Morgan fingerprint density at radius 1 is 1.09 bits per heavy atom. The van der Waals surface area contributed by atoms with Gasteiger partial charge < -0.3 is 14.7 Å². The molecule has 2 aliphatic carbocycles. The summed E-state index contributed by atoms with van der Waals surface area (Å²) < 4.78 is 35.7. The number of aliphatic hydroxyl groups is 1. The lowest BCUT2D eigenvalue weighted by Crippen LogP contribution is -2.51. The number of benzene rings is 2. The van der Waals surface area contributed by atoms with Crippen molar-refractivity contribution in [1.82, 2.24) is 9.71 Å². The standard InChI is InChI=1S/C37H42ClN3O5S/c1-24-5-3-16-37(43,29-13-17-39-18-14-29)32-10-7-28(32)21-41-22-36(15-4-6-26-19-30(38)9-11-31(26)36)23-46-34-12-8-27(20-33(34)41)35(42)40-47(44,45)25(24)2/h3,8-9,11-14,16-20,24-25,28,32,43H,4-7,10,15,21-23H2,1-2H3,(H,40,42)/b16-3-/t24-,25+,28-,32+,36-,37-/m0/s1. The molecule has 4 aliphatic rings. The highest BCUT2D eigenvalue weighted by Gasteiger charge is 2.49. The number of anilines is 1. The molecule has 8 nitrogen and oxygen atoms in total. The first-order valence-corrected chi connectivity index (χ1v) is 18.6. The van der Waals surface area contributed by atoms with Crippen molar-refractivity contribution in [2.75, 3.05) is 24.6 Å². The molecule has 1 saturated carbocycles. The first-order chi connectivity index (χ1) is 22.5. The lowest BCUT2D eigenvalue weighted by Gasteiger charge is -2.49. The average molecular weight is 676 g/mol. The van der Waals surface area contributed by atoms with Crippen molar-refractivity contribution in [3.05, 3.63) is 100 Å². The molecule has 1 amide bonds. The van der Waals surface area contributed by atoms with Crippen molar-refractivity contribution in [1.29, 1.82) is 0 Å². The van der Waals surface area contributed by atoms with Gasteiger partial charge in [-0.2, -0.15) is 0 Å². The van der Waals surface area contributed by atoms with Gasteiger partial charge in [0.15, 0.2) is 0 Å². The molecule has 2 bridgehead atoms. The predicted octanol–water partition coefficient (Wildman–Crippen LogP) is 6.17. The van der Waals surface area contributed by atoms with Crippen molar-refractivity contribution in [3.63, 3.8) is 0 Å². The van der Waals surface area contributed by atoms with Gasteiger partial charge in [0, 0.05) is 47.4 Å². The SMILES string of the molecule is C[C@@H]1[C@@H](C)C/C=C\[C@](O)(c2ccncc2)[C@@H]2CC[C@H]2CN2C[C@@]3(CCCc4cc(Cl)ccc43)COc3ccc(cc32)C(=O)NS1(=O)=O. The molecule has 1 fully saturated rings. The van der Waals surface area contributed by atoms with Gasteiger partial charge in [0.2, 0.25) is 10.0 Å². The van der Waals surface area contributed by atoms with E-state index in [9.17, 15) is 18.3 Å². The van der Waals surface area contributed by atoms with E-state index in [4.69, 9.17) is 16.3 Å². The Bertz CT molecular complexity index is 1820. The number of hydrogen-bond donors (Lipinski definition) is 2. The first-order valence-electron chi connectivity index (χ1n) is 16.7. The zero-order valence-electron chi connectivity index (χ0n) is 26.9. The fourth-order valence-electron chi connectivity index (χ4n) is 8.20. The van der Waals surface area contributed by atoms with E-state index >= 15 is 0 Å². The number of carbonyl (C=O) groups excluding carboxylic acids is 1. The Labute approximate surface area is 282 Å². The minimum Gasteiger partial charge on any atom is -0.490 e. The molecule has 1 aromatic heterocycles. The maximum atomic E-state index is 13.5. The molecule has 2 aromatic carbocycles. The molecular formula is C37H42ClN3O5S. The second kappa shape index (κ2) is 12.2. The van der Waals surface area contributed by atoms with Gasteiger partial charge in [0.05, 0.1) is 17.5 Å². The minimum atomic E-state index is -3.99. The van der Waals surface area contributed by atoms with Crippen LogP contribution in [0.15, 0.2) is 73.1 Å². The number of pyridine rings is 1. The number of nitrogens with zero attached hydrogens (tertiary/aromatic N) is 2. The molecule has 10 heteroatoms. The van der Waals surface area contributed by atoms with Crippen LogP contribution < -0.4 is 14.4 Å². The summed E-state index contributed by atoms with van der Waals surface area (Å²) in [4.78, 5) is 20.0. The van der Waals surface area contributed by atoms with E-state index in [0.29, 0.717) is 31.9 Å². The van der Waals surface area contributed by atoms with Crippen molar-refractivity contribution < 1.29 is 23.1 Å². The fraction of sp³-hybridized carbons (Fsp3) is 0.459. The number of halogens is 1. The van der Waals surface area contributed by atoms with Crippen LogP contribution in [-0.4, -0.2) is 49.4 Å². The van der Waals surface area contributed by atoms with Crippen molar-refractivity contribution in [3.8, 4) is 5.75 Å². The number of aromatic nitrogens is 1. The number of nitrogens with one attached hydrogen (secondary N) is 1. The Kier molecular flexibility index (Phi) is 8.38. The van der Waals surface area contributed by atoms with Gasteiger partial charge >= 0.3 is 0 Å². The summed E-state index contributed by atoms with van der Waals surface area (Å²) >= 11 is 6.44. The summed E-state index contributed by atoms with van der Waals surface area (Å²) in [5.41, 5.74) is 2.71. The van der Waals surface area contributed by atoms with Crippen LogP contribution in [0.5, 0.6) is 5.75 Å². The van der Waals surface area contributed by atoms with E-state index in [-0.39, 0.29) is 28.7 Å². The molecular weight excluding hydrogens is 634 g/mol. The van der Waals surface area contributed by atoms with Gasteiger partial charge in [0.1, 0.15) is 11.4 Å². The maximum Gasteiger partial charge on any atom is 0.264 e. The molecule has 0 unspecified atom stereocenters. The third-order valence-electron chi connectivity index (χ3n) is 11.3.